The fourth-order valence-corrected chi connectivity index (χ4v) is 7.60. The number of hydrogen-bond donors (Lipinski definition) is 1. The van der Waals surface area contributed by atoms with E-state index in [9.17, 15) is 4.57 Å². The lowest BCUT2D eigenvalue weighted by atomic mass is 9.73. The molecular formula is C24H27ClN5OPS. The third-order valence-electron chi connectivity index (χ3n) is 6.85. The van der Waals surface area contributed by atoms with Crippen LogP contribution in [0.2, 0.25) is 5.02 Å². The molecule has 0 radical (unpaired) electrons. The third-order valence-corrected chi connectivity index (χ3v) is 9.82. The van der Waals surface area contributed by atoms with E-state index in [1.165, 1.54) is 22.9 Å². The summed E-state index contributed by atoms with van der Waals surface area (Å²) in [6.45, 7) is 5.18. The second kappa shape index (κ2) is 8.70. The molecule has 3 aromatic rings. The van der Waals surface area contributed by atoms with Crippen LogP contribution in [0.15, 0.2) is 58.8 Å². The predicted molar refractivity (Wildman–Crippen MR) is 135 cm³/mol. The maximum Gasteiger partial charge on any atom is 0.147 e. The van der Waals surface area contributed by atoms with Gasteiger partial charge >= 0.3 is 0 Å². The van der Waals surface area contributed by atoms with Crippen molar-refractivity contribution in [3.63, 3.8) is 0 Å². The Morgan fingerprint density at radius 1 is 1.12 bits per heavy atom. The summed E-state index contributed by atoms with van der Waals surface area (Å²) in [5.41, 5.74) is 10.0. The van der Waals surface area contributed by atoms with Crippen LogP contribution < -0.4 is 16.1 Å². The van der Waals surface area contributed by atoms with E-state index in [0.29, 0.717) is 10.5 Å². The van der Waals surface area contributed by atoms with E-state index in [1.807, 2.05) is 12.3 Å². The van der Waals surface area contributed by atoms with Gasteiger partial charge in [-0.3, -0.25) is 4.98 Å². The largest absolute Gasteiger partial charge is 0.355 e. The lowest BCUT2D eigenvalue weighted by molar-refractivity contribution is 0.187. The molecule has 1 aromatic carbocycles. The summed E-state index contributed by atoms with van der Waals surface area (Å²) >= 11 is 7.89. The van der Waals surface area contributed by atoms with Crippen molar-refractivity contribution >= 4 is 41.8 Å². The Labute approximate surface area is 203 Å². The number of benzene rings is 1. The van der Waals surface area contributed by atoms with Crippen LogP contribution in [0.4, 0.5) is 5.82 Å². The molecule has 2 aromatic heterocycles. The van der Waals surface area contributed by atoms with Gasteiger partial charge in [-0.25, -0.2) is 9.97 Å². The number of hydrogen-bond acceptors (Lipinski definition) is 7. The summed E-state index contributed by atoms with van der Waals surface area (Å²) in [5.74, 6) is 0.881. The smallest absolute Gasteiger partial charge is 0.147 e. The van der Waals surface area contributed by atoms with Crippen LogP contribution in [-0.4, -0.2) is 41.4 Å². The second-order valence-corrected chi connectivity index (χ2v) is 13.9. The summed E-state index contributed by atoms with van der Waals surface area (Å²) in [6, 6.07) is 10.5. The number of pyridine rings is 1. The molecular weight excluding hydrogens is 473 g/mol. The van der Waals surface area contributed by atoms with Crippen molar-refractivity contribution < 1.29 is 4.57 Å². The van der Waals surface area contributed by atoms with Crippen LogP contribution in [0.25, 0.3) is 0 Å². The number of piperidine rings is 1. The minimum atomic E-state index is -2.56. The van der Waals surface area contributed by atoms with E-state index in [1.54, 1.807) is 25.7 Å². The summed E-state index contributed by atoms with van der Waals surface area (Å²) in [4.78, 5) is 16.6. The van der Waals surface area contributed by atoms with Crippen LogP contribution in [0, 0.1) is 5.41 Å². The van der Waals surface area contributed by atoms with Gasteiger partial charge in [-0.15, -0.1) is 0 Å². The van der Waals surface area contributed by atoms with Gasteiger partial charge < -0.3 is 15.2 Å². The van der Waals surface area contributed by atoms with Crippen molar-refractivity contribution in [3.05, 3.63) is 65.1 Å². The van der Waals surface area contributed by atoms with Gasteiger partial charge in [-0.2, -0.15) is 0 Å². The molecule has 1 saturated heterocycles. The van der Waals surface area contributed by atoms with Crippen LogP contribution >= 0.6 is 30.5 Å². The third kappa shape index (κ3) is 4.32. The van der Waals surface area contributed by atoms with Gasteiger partial charge in [0.05, 0.1) is 17.4 Å². The molecule has 5 rings (SSSR count). The monoisotopic (exact) mass is 499 g/mol. The molecule has 172 valence electrons. The average molecular weight is 500 g/mol. The molecule has 0 unspecified atom stereocenters. The number of fused-ring (bicyclic) bond motifs is 1. The van der Waals surface area contributed by atoms with Crippen molar-refractivity contribution in [2.75, 3.05) is 31.3 Å². The SMILES string of the molecule is CP(C)(=O)c1nccc(Sc2cnc(N3CCC4(CC3)Cc3ccccc3[C@H]4N)cn2)c1Cl. The first-order valence-corrected chi connectivity index (χ1v) is 14.8. The number of halogens is 1. The molecule has 9 heteroatoms. The molecule has 6 nitrogen and oxygen atoms in total. The number of anilines is 1. The summed E-state index contributed by atoms with van der Waals surface area (Å²) in [5, 5.41) is 1.17. The number of nitrogens with zero attached hydrogens (tertiary/aromatic N) is 4. The zero-order chi connectivity index (χ0) is 23.2. The van der Waals surface area contributed by atoms with Crippen LogP contribution in [-0.2, 0) is 11.0 Å². The molecule has 0 amide bonds. The Morgan fingerprint density at radius 3 is 2.55 bits per heavy atom. The molecule has 0 bridgehead atoms. The number of nitrogens with two attached hydrogens (primary N) is 1. The summed E-state index contributed by atoms with van der Waals surface area (Å²) < 4.78 is 12.4. The first-order chi connectivity index (χ1) is 15.8. The highest BCUT2D eigenvalue weighted by Gasteiger charge is 2.45. The molecule has 1 aliphatic heterocycles. The summed E-state index contributed by atoms with van der Waals surface area (Å²) in [7, 11) is -2.56. The minimum absolute atomic E-state index is 0.109. The maximum absolute atomic E-state index is 12.4. The van der Waals surface area contributed by atoms with Crippen LogP contribution in [0.5, 0.6) is 0 Å². The molecule has 2 aliphatic rings. The average Bonchev–Trinajstić information content (AvgIpc) is 3.07. The van der Waals surface area contributed by atoms with Crippen molar-refractivity contribution in [1.82, 2.24) is 15.0 Å². The van der Waals surface area contributed by atoms with E-state index in [-0.39, 0.29) is 11.5 Å². The van der Waals surface area contributed by atoms with Crippen molar-refractivity contribution in [1.29, 1.82) is 0 Å². The van der Waals surface area contributed by atoms with E-state index >= 15 is 0 Å². The molecule has 3 heterocycles. The fourth-order valence-electron chi connectivity index (χ4n) is 4.99. The summed E-state index contributed by atoms with van der Waals surface area (Å²) in [6.07, 6.45) is 8.39. The Balaban J connectivity index is 1.26. The topological polar surface area (TPSA) is 85.0 Å². The molecule has 1 fully saturated rings. The highest BCUT2D eigenvalue weighted by Crippen LogP contribution is 2.51. The Hall–Kier alpha value is -1.92. The van der Waals surface area contributed by atoms with Crippen molar-refractivity contribution in [2.24, 2.45) is 11.1 Å². The van der Waals surface area contributed by atoms with E-state index < -0.39 is 7.14 Å². The molecule has 33 heavy (non-hydrogen) atoms. The Bertz CT molecular complexity index is 1220. The lowest BCUT2D eigenvalue weighted by Crippen LogP contribution is -2.44. The normalized spacial score (nSPS) is 19.6. The predicted octanol–water partition coefficient (Wildman–Crippen LogP) is 4.77. The van der Waals surface area contributed by atoms with Gasteiger partial charge in [0, 0.05) is 30.2 Å². The molecule has 1 spiro atoms. The second-order valence-electron chi connectivity index (χ2n) is 9.32. The first-order valence-electron chi connectivity index (χ1n) is 11.1. The number of aromatic nitrogens is 3. The number of rotatable bonds is 4. The van der Waals surface area contributed by atoms with E-state index in [0.717, 1.165) is 48.1 Å². The fraction of sp³-hybridized carbons (Fsp3) is 0.375. The standard InChI is InChI=1S/C24H27ClN5OPS/c1-32(2,31)23-21(25)18(7-10-27-23)33-20-15-28-19(14-29-20)30-11-8-24(9-12-30)13-16-5-3-4-6-17(16)22(24)26/h3-7,10,14-15,22H,8-9,11-13,26H2,1-2H3/t22-/m1/s1. The molecule has 1 atom stereocenters. The van der Waals surface area contributed by atoms with Crippen LogP contribution in [0.1, 0.15) is 30.0 Å². The van der Waals surface area contributed by atoms with Gasteiger partial charge in [0.2, 0.25) is 0 Å². The molecule has 2 N–H and O–H groups in total. The highest BCUT2D eigenvalue weighted by molar-refractivity contribution is 7.99. The Kier molecular flexibility index (Phi) is 6.02. The maximum atomic E-state index is 12.4. The van der Waals surface area contributed by atoms with Crippen molar-refractivity contribution in [2.45, 2.75) is 35.2 Å². The van der Waals surface area contributed by atoms with Gasteiger partial charge in [-0.1, -0.05) is 47.6 Å². The van der Waals surface area contributed by atoms with Gasteiger partial charge in [-0.05, 0) is 55.2 Å². The minimum Gasteiger partial charge on any atom is -0.355 e. The van der Waals surface area contributed by atoms with E-state index in [4.69, 9.17) is 17.3 Å². The van der Waals surface area contributed by atoms with Gasteiger partial charge in [0.1, 0.15) is 23.4 Å². The van der Waals surface area contributed by atoms with E-state index in [2.05, 4.69) is 44.1 Å². The first kappa shape index (κ1) is 22.9. The lowest BCUT2D eigenvalue weighted by Gasteiger charge is -2.42. The van der Waals surface area contributed by atoms with Gasteiger partial charge in [0.25, 0.3) is 0 Å². The van der Waals surface area contributed by atoms with Crippen LogP contribution in [0.3, 0.4) is 0 Å². The zero-order valence-corrected chi connectivity index (χ0v) is 21.2. The quantitative estimate of drug-likeness (QED) is 0.517. The molecule has 0 saturated carbocycles. The van der Waals surface area contributed by atoms with Crippen molar-refractivity contribution in [3.8, 4) is 0 Å². The zero-order valence-electron chi connectivity index (χ0n) is 18.7. The Morgan fingerprint density at radius 2 is 1.88 bits per heavy atom. The van der Waals surface area contributed by atoms with Gasteiger partial charge in [0.15, 0.2) is 0 Å². The molecule has 1 aliphatic carbocycles. The highest BCUT2D eigenvalue weighted by atomic mass is 35.5.